The summed E-state index contributed by atoms with van der Waals surface area (Å²) in [6.45, 7) is 6.91. The molecule has 1 heterocycles. The van der Waals surface area contributed by atoms with Gasteiger partial charge in [0.05, 0.1) is 24.3 Å². The van der Waals surface area contributed by atoms with Gasteiger partial charge in [0.25, 0.3) is 0 Å². The van der Waals surface area contributed by atoms with E-state index in [4.69, 9.17) is 9.72 Å². The van der Waals surface area contributed by atoms with Crippen molar-refractivity contribution < 1.29 is 9.53 Å². The van der Waals surface area contributed by atoms with E-state index in [2.05, 4.69) is 36.3 Å². The minimum absolute atomic E-state index is 0.0428. The lowest BCUT2D eigenvalue weighted by Crippen LogP contribution is -2.32. The first-order valence-corrected chi connectivity index (χ1v) is 10.2. The third-order valence-corrected chi connectivity index (χ3v) is 7.30. The van der Waals surface area contributed by atoms with Gasteiger partial charge >= 0.3 is 0 Å². The molecule has 2 atom stereocenters. The van der Waals surface area contributed by atoms with Crippen LogP contribution < -0.4 is 10.1 Å². The molecule has 0 unspecified atom stereocenters. The minimum Gasteiger partial charge on any atom is -0.497 e. The van der Waals surface area contributed by atoms with Gasteiger partial charge in [-0.1, -0.05) is 38.6 Å². The number of carbonyl (C=O) groups is 1. The molecule has 1 N–H and O–H groups in total. The molecule has 7 heteroatoms. The topological polar surface area (TPSA) is 77.0 Å². The van der Waals surface area contributed by atoms with E-state index in [-0.39, 0.29) is 22.5 Å². The molecule has 0 saturated heterocycles. The summed E-state index contributed by atoms with van der Waals surface area (Å²) in [5.74, 6) is 1.28. The SMILES string of the molecule is COc1cccc(NC(=O)CSc2nnc3c(n2)[C@@]2(C)CC[C@H]3C2(C)C)c1. The molecule has 2 aliphatic rings. The number of aromatic nitrogens is 3. The molecule has 0 radical (unpaired) electrons. The van der Waals surface area contributed by atoms with Crippen molar-refractivity contribution in [3.05, 3.63) is 35.7 Å². The van der Waals surface area contributed by atoms with Crippen LogP contribution in [0.2, 0.25) is 0 Å². The summed E-state index contributed by atoms with van der Waals surface area (Å²) in [4.78, 5) is 17.1. The molecule has 27 heavy (non-hydrogen) atoms. The van der Waals surface area contributed by atoms with Crippen molar-refractivity contribution in [2.45, 2.75) is 50.1 Å². The molecule has 6 nitrogen and oxygen atoms in total. The van der Waals surface area contributed by atoms with Crippen LogP contribution in [0, 0.1) is 5.41 Å². The number of rotatable bonds is 5. The Labute approximate surface area is 163 Å². The predicted molar refractivity (Wildman–Crippen MR) is 105 cm³/mol. The summed E-state index contributed by atoms with van der Waals surface area (Å²) in [7, 11) is 1.60. The van der Waals surface area contributed by atoms with Crippen LogP contribution in [0.5, 0.6) is 5.75 Å². The Balaban J connectivity index is 1.44. The molecular formula is C20H24N4O2S. The van der Waals surface area contributed by atoms with E-state index in [9.17, 15) is 4.79 Å². The van der Waals surface area contributed by atoms with Crippen molar-refractivity contribution >= 4 is 23.4 Å². The zero-order valence-electron chi connectivity index (χ0n) is 16.1. The maximum absolute atomic E-state index is 12.3. The van der Waals surface area contributed by atoms with Crippen molar-refractivity contribution in [3.8, 4) is 5.75 Å². The average molecular weight is 385 g/mol. The quantitative estimate of drug-likeness (QED) is 0.791. The van der Waals surface area contributed by atoms with Crippen LogP contribution in [0.25, 0.3) is 0 Å². The molecule has 0 spiro atoms. The van der Waals surface area contributed by atoms with E-state index < -0.39 is 0 Å². The Kier molecular flexibility index (Phi) is 4.37. The number of nitrogens with zero attached hydrogens (tertiary/aromatic N) is 3. The number of nitrogens with one attached hydrogen (secondary N) is 1. The van der Waals surface area contributed by atoms with Crippen LogP contribution in [-0.2, 0) is 10.2 Å². The molecule has 1 fully saturated rings. The van der Waals surface area contributed by atoms with Crippen LogP contribution in [0.4, 0.5) is 5.69 Å². The predicted octanol–water partition coefficient (Wildman–Crippen LogP) is 3.79. The van der Waals surface area contributed by atoms with Gasteiger partial charge in [0.15, 0.2) is 0 Å². The smallest absolute Gasteiger partial charge is 0.234 e. The molecule has 1 saturated carbocycles. The Morgan fingerprint density at radius 3 is 2.93 bits per heavy atom. The molecule has 2 aromatic rings. The largest absolute Gasteiger partial charge is 0.497 e. The molecule has 2 bridgehead atoms. The molecular weight excluding hydrogens is 360 g/mol. The molecule has 4 rings (SSSR count). The summed E-state index contributed by atoms with van der Waals surface area (Å²) in [6, 6.07) is 7.30. The normalized spacial score (nSPS) is 24.5. The van der Waals surface area contributed by atoms with Gasteiger partial charge in [-0.3, -0.25) is 4.79 Å². The highest BCUT2D eigenvalue weighted by atomic mass is 32.2. The van der Waals surface area contributed by atoms with Gasteiger partial charge < -0.3 is 10.1 Å². The summed E-state index contributed by atoms with van der Waals surface area (Å²) in [6.07, 6.45) is 2.29. The minimum atomic E-state index is -0.106. The first-order chi connectivity index (χ1) is 12.8. The second-order valence-corrected chi connectivity index (χ2v) is 8.98. The lowest BCUT2D eigenvalue weighted by molar-refractivity contribution is -0.113. The summed E-state index contributed by atoms with van der Waals surface area (Å²) in [5.41, 5.74) is 3.04. The molecule has 0 aliphatic heterocycles. The van der Waals surface area contributed by atoms with Crippen LogP contribution in [0.3, 0.4) is 0 Å². The van der Waals surface area contributed by atoms with E-state index in [1.165, 1.54) is 11.8 Å². The van der Waals surface area contributed by atoms with Gasteiger partial charge in [-0.25, -0.2) is 4.98 Å². The fourth-order valence-electron chi connectivity index (χ4n) is 4.45. The molecule has 1 aromatic carbocycles. The Hall–Kier alpha value is -2.15. The zero-order chi connectivity index (χ0) is 19.2. The van der Waals surface area contributed by atoms with E-state index in [0.29, 0.717) is 22.5 Å². The van der Waals surface area contributed by atoms with Crippen LogP contribution in [0.15, 0.2) is 29.4 Å². The van der Waals surface area contributed by atoms with Crippen molar-refractivity contribution in [2.24, 2.45) is 5.41 Å². The second kappa shape index (κ2) is 6.48. The van der Waals surface area contributed by atoms with Gasteiger partial charge in [-0.05, 0) is 30.4 Å². The lowest BCUT2D eigenvalue weighted by atomic mass is 9.70. The highest BCUT2D eigenvalue weighted by Gasteiger charge is 2.61. The zero-order valence-corrected chi connectivity index (χ0v) is 16.9. The van der Waals surface area contributed by atoms with Gasteiger partial charge in [-0.15, -0.1) is 5.10 Å². The van der Waals surface area contributed by atoms with Crippen LogP contribution in [-0.4, -0.2) is 34.0 Å². The van der Waals surface area contributed by atoms with E-state index in [1.807, 2.05) is 18.2 Å². The molecule has 2 aliphatic carbocycles. The Morgan fingerprint density at radius 2 is 2.15 bits per heavy atom. The average Bonchev–Trinajstić information content (AvgIpc) is 2.99. The van der Waals surface area contributed by atoms with Crippen molar-refractivity contribution in [1.29, 1.82) is 0 Å². The second-order valence-electron chi connectivity index (χ2n) is 8.04. The third kappa shape index (κ3) is 2.88. The Bertz CT molecular complexity index is 901. The maximum atomic E-state index is 12.3. The highest BCUT2D eigenvalue weighted by molar-refractivity contribution is 7.99. The van der Waals surface area contributed by atoms with Gasteiger partial charge in [-0.2, -0.15) is 5.10 Å². The van der Waals surface area contributed by atoms with Crippen LogP contribution >= 0.6 is 11.8 Å². The number of thioether (sulfide) groups is 1. The van der Waals surface area contributed by atoms with Gasteiger partial charge in [0.1, 0.15) is 5.75 Å². The third-order valence-electron chi connectivity index (χ3n) is 6.46. The first-order valence-electron chi connectivity index (χ1n) is 9.17. The summed E-state index contributed by atoms with van der Waals surface area (Å²) >= 11 is 1.32. The summed E-state index contributed by atoms with van der Waals surface area (Å²) < 4.78 is 5.17. The number of fused-ring (bicyclic) bond motifs is 5. The van der Waals surface area contributed by atoms with Crippen molar-refractivity contribution in [2.75, 3.05) is 18.2 Å². The van der Waals surface area contributed by atoms with E-state index in [0.717, 1.165) is 24.2 Å². The van der Waals surface area contributed by atoms with Crippen LogP contribution in [0.1, 0.15) is 50.9 Å². The number of amides is 1. The Morgan fingerprint density at radius 1 is 1.33 bits per heavy atom. The standard InChI is InChI=1S/C20H24N4O2S/c1-19(2)14-8-9-20(19,3)17-16(14)23-24-18(22-17)27-11-15(25)21-12-6-5-7-13(10-12)26-4/h5-7,10,14H,8-9,11H2,1-4H3,(H,21,25)/t14-,20-/m1/s1. The van der Waals surface area contributed by atoms with Gasteiger partial charge in [0.2, 0.25) is 11.1 Å². The van der Waals surface area contributed by atoms with E-state index >= 15 is 0 Å². The first kappa shape index (κ1) is 18.2. The number of anilines is 1. The van der Waals surface area contributed by atoms with Crippen molar-refractivity contribution in [1.82, 2.24) is 15.2 Å². The van der Waals surface area contributed by atoms with Gasteiger partial charge in [0, 0.05) is 23.1 Å². The maximum Gasteiger partial charge on any atom is 0.234 e. The van der Waals surface area contributed by atoms with E-state index in [1.54, 1.807) is 13.2 Å². The number of hydrogen-bond donors (Lipinski definition) is 1. The molecule has 1 amide bonds. The lowest BCUT2D eigenvalue weighted by Gasteiger charge is -2.33. The van der Waals surface area contributed by atoms with Crippen molar-refractivity contribution in [3.63, 3.8) is 0 Å². The fourth-order valence-corrected chi connectivity index (χ4v) is 5.04. The number of hydrogen-bond acceptors (Lipinski definition) is 6. The number of benzene rings is 1. The molecule has 142 valence electrons. The fraction of sp³-hybridized carbons (Fsp3) is 0.500. The highest BCUT2D eigenvalue weighted by Crippen LogP contribution is 2.66. The number of ether oxygens (including phenoxy) is 1. The summed E-state index contributed by atoms with van der Waals surface area (Å²) in [5, 5.41) is 12.2. The monoisotopic (exact) mass is 384 g/mol. The number of carbonyl (C=O) groups excluding carboxylic acids is 1. The number of methoxy groups -OCH3 is 1. The molecule has 1 aromatic heterocycles.